The van der Waals surface area contributed by atoms with E-state index in [1.165, 1.54) is 18.2 Å². The summed E-state index contributed by atoms with van der Waals surface area (Å²) in [6.45, 7) is 5.56. The van der Waals surface area contributed by atoms with E-state index in [1.807, 2.05) is 57.2 Å². The highest BCUT2D eigenvalue weighted by Crippen LogP contribution is 2.28. The number of anilines is 2. The van der Waals surface area contributed by atoms with E-state index in [-0.39, 0.29) is 38.7 Å². The van der Waals surface area contributed by atoms with Crippen LogP contribution in [0.2, 0.25) is 5.02 Å². The molecule has 4 rings (SSSR count). The van der Waals surface area contributed by atoms with Gasteiger partial charge in [-0.15, -0.1) is 0 Å². The molecular formula is C30H28ClN3O4S. The third-order valence-electron chi connectivity index (χ3n) is 6.40. The molecular weight excluding hydrogens is 534 g/mol. The van der Waals surface area contributed by atoms with Gasteiger partial charge in [0, 0.05) is 5.56 Å². The van der Waals surface area contributed by atoms with Crippen molar-refractivity contribution in [2.24, 2.45) is 0 Å². The molecule has 0 saturated carbocycles. The Morgan fingerprint density at radius 1 is 0.795 bits per heavy atom. The van der Waals surface area contributed by atoms with Crippen molar-refractivity contribution in [3.05, 3.63) is 124 Å². The zero-order valence-electron chi connectivity index (χ0n) is 21.7. The molecule has 4 aromatic rings. The minimum absolute atomic E-state index is 0.0287. The zero-order chi connectivity index (χ0) is 28.2. The van der Waals surface area contributed by atoms with Crippen molar-refractivity contribution in [2.75, 3.05) is 10.0 Å². The summed E-state index contributed by atoms with van der Waals surface area (Å²) in [6.07, 6.45) is 0. The lowest BCUT2D eigenvalue weighted by Crippen LogP contribution is -2.28. The molecule has 3 N–H and O–H groups in total. The van der Waals surface area contributed by atoms with Gasteiger partial charge in [0.2, 0.25) is 0 Å². The van der Waals surface area contributed by atoms with Crippen LogP contribution in [0.15, 0.2) is 95.9 Å². The Morgan fingerprint density at radius 3 is 2.21 bits per heavy atom. The van der Waals surface area contributed by atoms with Crippen molar-refractivity contribution in [3.8, 4) is 0 Å². The molecule has 0 fully saturated rings. The Morgan fingerprint density at radius 2 is 1.46 bits per heavy atom. The van der Waals surface area contributed by atoms with Gasteiger partial charge in [0.05, 0.1) is 28.0 Å². The predicted molar refractivity (Wildman–Crippen MR) is 155 cm³/mol. The molecule has 0 unspecified atom stereocenters. The molecule has 0 aliphatic carbocycles. The molecule has 0 aromatic heterocycles. The molecule has 1 atom stereocenters. The monoisotopic (exact) mass is 561 g/mol. The maximum atomic E-state index is 13.2. The lowest BCUT2D eigenvalue weighted by atomic mass is 10.1. The van der Waals surface area contributed by atoms with Crippen molar-refractivity contribution in [2.45, 2.75) is 31.7 Å². The summed E-state index contributed by atoms with van der Waals surface area (Å²) >= 11 is 6.24. The van der Waals surface area contributed by atoms with E-state index >= 15 is 0 Å². The van der Waals surface area contributed by atoms with Crippen LogP contribution in [0.5, 0.6) is 0 Å². The first-order chi connectivity index (χ1) is 18.6. The fourth-order valence-corrected chi connectivity index (χ4v) is 5.65. The number of para-hydroxylation sites is 1. The summed E-state index contributed by atoms with van der Waals surface area (Å²) in [5.74, 6) is -0.953. The number of halogens is 1. The molecule has 0 spiro atoms. The molecule has 9 heteroatoms. The summed E-state index contributed by atoms with van der Waals surface area (Å²) in [5, 5.41) is 5.64. The minimum atomic E-state index is -4.10. The van der Waals surface area contributed by atoms with E-state index in [0.717, 1.165) is 16.7 Å². The van der Waals surface area contributed by atoms with Gasteiger partial charge in [-0.25, -0.2) is 8.42 Å². The number of hydrogen-bond donors (Lipinski definition) is 3. The van der Waals surface area contributed by atoms with Gasteiger partial charge in [0.15, 0.2) is 0 Å². The van der Waals surface area contributed by atoms with Gasteiger partial charge in [-0.05, 0) is 73.9 Å². The standard InChI is InChI=1S/C30H28ClN3O4S/c1-19-10-9-15-26(20(19)2)34-39(37,38)28-18-23(16-17-25(28)31)29(35)33-27-14-8-7-13-24(27)30(36)32-21(3)22-11-5-4-6-12-22/h4-18,21,34H,1-3H3,(H,32,36)(H,33,35)/t21-/m0/s1. The van der Waals surface area contributed by atoms with Gasteiger partial charge in [-0.3, -0.25) is 14.3 Å². The summed E-state index contributed by atoms with van der Waals surface area (Å²) in [7, 11) is -4.10. The number of nitrogens with one attached hydrogen (secondary N) is 3. The normalized spacial score (nSPS) is 11.9. The number of hydrogen-bond acceptors (Lipinski definition) is 4. The predicted octanol–water partition coefficient (Wildman–Crippen LogP) is 6.50. The van der Waals surface area contributed by atoms with Crippen LogP contribution in [-0.2, 0) is 10.0 Å². The molecule has 4 aromatic carbocycles. The van der Waals surface area contributed by atoms with Crippen LogP contribution in [0.25, 0.3) is 0 Å². The van der Waals surface area contributed by atoms with Crippen molar-refractivity contribution in [3.63, 3.8) is 0 Å². The molecule has 39 heavy (non-hydrogen) atoms. The highest BCUT2D eigenvalue weighted by atomic mass is 35.5. The third kappa shape index (κ3) is 6.47. The fraction of sp³-hybridized carbons (Fsp3) is 0.133. The number of rotatable bonds is 8. The molecule has 0 heterocycles. The van der Waals surface area contributed by atoms with Gasteiger partial charge in [0.1, 0.15) is 4.90 Å². The average molecular weight is 562 g/mol. The van der Waals surface area contributed by atoms with E-state index in [2.05, 4.69) is 15.4 Å². The summed E-state index contributed by atoms with van der Waals surface area (Å²) in [6, 6.07) is 25.2. The molecule has 0 saturated heterocycles. The maximum Gasteiger partial charge on any atom is 0.263 e. The molecule has 0 aliphatic heterocycles. The molecule has 0 radical (unpaired) electrons. The smallest absolute Gasteiger partial charge is 0.263 e. The molecule has 200 valence electrons. The summed E-state index contributed by atoms with van der Waals surface area (Å²) in [4.78, 5) is 26.0. The summed E-state index contributed by atoms with van der Waals surface area (Å²) in [5.41, 5.74) is 3.69. The number of sulfonamides is 1. The lowest BCUT2D eigenvalue weighted by Gasteiger charge is -2.17. The van der Waals surface area contributed by atoms with Gasteiger partial charge in [-0.2, -0.15) is 0 Å². The molecule has 2 amide bonds. The van der Waals surface area contributed by atoms with Crippen molar-refractivity contribution >= 4 is 44.8 Å². The van der Waals surface area contributed by atoms with E-state index < -0.39 is 15.9 Å². The van der Waals surface area contributed by atoms with Gasteiger partial charge in [0.25, 0.3) is 21.8 Å². The highest BCUT2D eigenvalue weighted by Gasteiger charge is 2.22. The Hall–Kier alpha value is -4.14. The highest BCUT2D eigenvalue weighted by molar-refractivity contribution is 7.92. The third-order valence-corrected chi connectivity index (χ3v) is 8.25. The van der Waals surface area contributed by atoms with Crippen LogP contribution in [0.3, 0.4) is 0 Å². The number of benzene rings is 4. The van der Waals surface area contributed by atoms with E-state index in [1.54, 1.807) is 36.4 Å². The van der Waals surface area contributed by atoms with Crippen LogP contribution < -0.4 is 15.4 Å². The number of carbonyl (C=O) groups excluding carboxylic acids is 2. The van der Waals surface area contributed by atoms with Gasteiger partial charge < -0.3 is 10.6 Å². The SMILES string of the molecule is Cc1cccc(NS(=O)(=O)c2cc(C(=O)Nc3ccccc3C(=O)N[C@@H](C)c3ccccc3)ccc2Cl)c1C. The van der Waals surface area contributed by atoms with Crippen LogP contribution in [0.4, 0.5) is 11.4 Å². The molecule has 0 aliphatic rings. The largest absolute Gasteiger partial charge is 0.345 e. The minimum Gasteiger partial charge on any atom is -0.345 e. The topological polar surface area (TPSA) is 104 Å². The first kappa shape index (κ1) is 27.9. The van der Waals surface area contributed by atoms with Gasteiger partial charge in [-0.1, -0.05) is 66.2 Å². The molecule has 0 bridgehead atoms. The van der Waals surface area contributed by atoms with Crippen LogP contribution >= 0.6 is 11.6 Å². The second-order valence-corrected chi connectivity index (χ2v) is 11.2. The zero-order valence-corrected chi connectivity index (χ0v) is 23.2. The Bertz CT molecular complexity index is 1640. The number of aryl methyl sites for hydroxylation is 1. The number of amides is 2. The quantitative estimate of drug-likeness (QED) is 0.228. The second kappa shape index (κ2) is 11.7. The first-order valence-electron chi connectivity index (χ1n) is 12.2. The lowest BCUT2D eigenvalue weighted by molar-refractivity contribution is 0.0940. The average Bonchev–Trinajstić information content (AvgIpc) is 2.92. The van der Waals surface area contributed by atoms with Crippen LogP contribution in [0.1, 0.15) is 50.4 Å². The van der Waals surface area contributed by atoms with E-state index in [4.69, 9.17) is 11.6 Å². The van der Waals surface area contributed by atoms with Crippen molar-refractivity contribution in [1.82, 2.24) is 5.32 Å². The van der Waals surface area contributed by atoms with E-state index in [9.17, 15) is 18.0 Å². The first-order valence-corrected chi connectivity index (χ1v) is 14.1. The maximum absolute atomic E-state index is 13.2. The van der Waals surface area contributed by atoms with Gasteiger partial charge >= 0.3 is 0 Å². The Balaban J connectivity index is 1.56. The van der Waals surface area contributed by atoms with E-state index in [0.29, 0.717) is 5.69 Å². The number of carbonyl (C=O) groups is 2. The fourth-order valence-electron chi connectivity index (χ4n) is 4.00. The Labute approximate surface area is 233 Å². The van der Waals surface area contributed by atoms with Crippen LogP contribution in [0, 0.1) is 13.8 Å². The summed E-state index contributed by atoms with van der Waals surface area (Å²) < 4.78 is 29.0. The van der Waals surface area contributed by atoms with Crippen molar-refractivity contribution < 1.29 is 18.0 Å². The van der Waals surface area contributed by atoms with Crippen molar-refractivity contribution in [1.29, 1.82) is 0 Å². The second-order valence-electron chi connectivity index (χ2n) is 9.10. The Kier molecular flexibility index (Phi) is 8.38. The molecule has 7 nitrogen and oxygen atoms in total. The van der Waals surface area contributed by atoms with Crippen LogP contribution in [-0.4, -0.2) is 20.2 Å².